The monoisotopic (exact) mass is 318 g/mol. The van der Waals surface area contributed by atoms with E-state index < -0.39 is 12.0 Å². The van der Waals surface area contributed by atoms with E-state index in [0.29, 0.717) is 5.69 Å². The van der Waals surface area contributed by atoms with Crippen molar-refractivity contribution in [2.75, 3.05) is 13.7 Å². The molecule has 1 aromatic carbocycles. The molecule has 0 saturated heterocycles. The molecule has 0 aliphatic rings. The van der Waals surface area contributed by atoms with E-state index in [1.165, 1.54) is 0 Å². The van der Waals surface area contributed by atoms with Crippen LogP contribution in [0.4, 0.5) is 4.79 Å². The number of hydrogen-bond acceptors (Lipinski definition) is 4. The third-order valence-corrected chi connectivity index (χ3v) is 3.04. The van der Waals surface area contributed by atoms with Crippen molar-refractivity contribution in [3.8, 4) is 11.4 Å². The lowest BCUT2D eigenvalue weighted by atomic mass is 10.3. The summed E-state index contributed by atoms with van der Waals surface area (Å²) in [7, 11) is 1.61. The van der Waals surface area contributed by atoms with Gasteiger partial charge in [0, 0.05) is 12.7 Å². The first-order chi connectivity index (χ1) is 11.1. The molecule has 8 nitrogen and oxygen atoms in total. The van der Waals surface area contributed by atoms with Gasteiger partial charge < -0.3 is 20.5 Å². The fourth-order valence-corrected chi connectivity index (χ4v) is 1.85. The fraction of sp³-hybridized carbons (Fsp3) is 0.267. The molecular formula is C15H18N4O4. The molecule has 0 saturated carbocycles. The van der Waals surface area contributed by atoms with Gasteiger partial charge in [-0.3, -0.25) is 4.79 Å². The number of rotatable bonds is 7. The second kappa shape index (κ2) is 7.83. The number of benzene rings is 1. The largest absolute Gasteiger partial charge is 0.497 e. The first-order valence-corrected chi connectivity index (χ1v) is 7.01. The highest BCUT2D eigenvalue weighted by atomic mass is 16.5. The summed E-state index contributed by atoms with van der Waals surface area (Å²) < 4.78 is 6.79. The van der Waals surface area contributed by atoms with Gasteiger partial charge in [-0.05, 0) is 30.3 Å². The number of methoxy groups -OCH3 is 1. The zero-order valence-electron chi connectivity index (χ0n) is 12.7. The van der Waals surface area contributed by atoms with Gasteiger partial charge in [-0.1, -0.05) is 0 Å². The summed E-state index contributed by atoms with van der Waals surface area (Å²) in [6, 6.07) is 8.80. The summed E-state index contributed by atoms with van der Waals surface area (Å²) in [4.78, 5) is 21.8. The topological polar surface area (TPSA) is 105 Å². The smallest absolute Gasteiger partial charge is 0.315 e. The molecule has 0 unspecified atom stereocenters. The second-order valence-corrected chi connectivity index (χ2v) is 4.70. The van der Waals surface area contributed by atoms with E-state index in [4.69, 9.17) is 9.84 Å². The minimum atomic E-state index is -0.955. The Morgan fingerprint density at radius 2 is 1.96 bits per heavy atom. The Hall–Kier alpha value is -3.03. The van der Waals surface area contributed by atoms with Crippen LogP contribution in [0.15, 0.2) is 36.5 Å². The lowest BCUT2D eigenvalue weighted by Gasteiger charge is -2.05. The molecule has 8 heteroatoms. The molecule has 1 aromatic heterocycles. The summed E-state index contributed by atoms with van der Waals surface area (Å²) in [5.74, 6) is -0.190. The number of nitrogens with one attached hydrogen (secondary N) is 2. The normalized spacial score (nSPS) is 10.1. The average molecular weight is 318 g/mol. The number of carboxylic acid groups (broad SMARTS) is 1. The van der Waals surface area contributed by atoms with Crippen molar-refractivity contribution in [3.05, 3.63) is 42.2 Å². The maximum Gasteiger partial charge on any atom is 0.315 e. The van der Waals surface area contributed by atoms with Crippen molar-refractivity contribution >= 4 is 12.0 Å². The van der Waals surface area contributed by atoms with E-state index in [-0.39, 0.29) is 19.5 Å². The van der Waals surface area contributed by atoms with Gasteiger partial charge in [-0.2, -0.15) is 5.10 Å². The molecule has 122 valence electrons. The molecule has 0 spiro atoms. The summed E-state index contributed by atoms with van der Waals surface area (Å²) in [5.41, 5.74) is 1.57. The van der Waals surface area contributed by atoms with Gasteiger partial charge >= 0.3 is 12.0 Å². The molecule has 2 rings (SSSR count). The fourth-order valence-electron chi connectivity index (χ4n) is 1.85. The lowest BCUT2D eigenvalue weighted by molar-refractivity contribution is -0.136. The Kier molecular flexibility index (Phi) is 5.56. The number of nitrogens with zero attached hydrogens (tertiary/aromatic N) is 2. The summed E-state index contributed by atoms with van der Waals surface area (Å²) in [6.07, 6.45) is 1.68. The van der Waals surface area contributed by atoms with Crippen LogP contribution in [0.1, 0.15) is 12.1 Å². The third-order valence-electron chi connectivity index (χ3n) is 3.04. The number of hydrogen-bond donors (Lipinski definition) is 3. The zero-order chi connectivity index (χ0) is 16.7. The van der Waals surface area contributed by atoms with Gasteiger partial charge in [-0.15, -0.1) is 0 Å². The number of carboxylic acids is 1. The molecule has 0 bridgehead atoms. The van der Waals surface area contributed by atoms with Gasteiger partial charge in [0.2, 0.25) is 0 Å². The van der Waals surface area contributed by atoms with Gasteiger partial charge in [0.1, 0.15) is 5.75 Å². The van der Waals surface area contributed by atoms with Crippen LogP contribution in [0.2, 0.25) is 0 Å². The van der Waals surface area contributed by atoms with Crippen LogP contribution >= 0.6 is 0 Å². The van der Waals surface area contributed by atoms with Gasteiger partial charge in [-0.25, -0.2) is 9.48 Å². The Balaban J connectivity index is 1.84. The summed E-state index contributed by atoms with van der Waals surface area (Å²) in [5, 5.41) is 17.9. The van der Waals surface area contributed by atoms with Gasteiger partial charge in [0.05, 0.1) is 31.5 Å². The number of carbonyl (C=O) groups is 2. The molecule has 2 amide bonds. The highest BCUT2D eigenvalue weighted by Crippen LogP contribution is 2.14. The van der Waals surface area contributed by atoms with E-state index in [2.05, 4.69) is 15.7 Å². The van der Waals surface area contributed by atoms with Crippen LogP contribution in [0.5, 0.6) is 5.75 Å². The first kappa shape index (κ1) is 16.3. The van der Waals surface area contributed by atoms with Crippen LogP contribution < -0.4 is 15.4 Å². The van der Waals surface area contributed by atoms with Crippen LogP contribution in [0, 0.1) is 0 Å². The van der Waals surface area contributed by atoms with Crippen molar-refractivity contribution in [2.45, 2.75) is 13.0 Å². The number of aliphatic carboxylic acids is 1. The van der Waals surface area contributed by atoms with Crippen LogP contribution in [0.3, 0.4) is 0 Å². The Bertz CT molecular complexity index is 666. The van der Waals surface area contributed by atoms with E-state index in [9.17, 15) is 9.59 Å². The zero-order valence-corrected chi connectivity index (χ0v) is 12.7. The van der Waals surface area contributed by atoms with E-state index in [1.807, 2.05) is 24.3 Å². The molecular weight excluding hydrogens is 300 g/mol. The minimum absolute atomic E-state index is 0.0848. The number of urea groups is 1. The summed E-state index contributed by atoms with van der Waals surface area (Å²) >= 11 is 0. The van der Waals surface area contributed by atoms with Crippen LogP contribution in [-0.4, -0.2) is 40.5 Å². The predicted octanol–water partition coefficient (Wildman–Crippen LogP) is 1.15. The van der Waals surface area contributed by atoms with Gasteiger partial charge in [0.25, 0.3) is 0 Å². The predicted molar refractivity (Wildman–Crippen MR) is 82.6 cm³/mol. The Labute approximate surface area is 133 Å². The maximum atomic E-state index is 11.5. The Morgan fingerprint density at radius 1 is 1.22 bits per heavy atom. The molecule has 0 radical (unpaired) electrons. The van der Waals surface area contributed by atoms with Crippen LogP contribution in [-0.2, 0) is 11.3 Å². The molecule has 0 aliphatic heterocycles. The van der Waals surface area contributed by atoms with Crippen molar-refractivity contribution in [1.82, 2.24) is 20.4 Å². The molecule has 0 fully saturated rings. The molecule has 3 N–H and O–H groups in total. The van der Waals surface area contributed by atoms with Gasteiger partial charge in [0.15, 0.2) is 0 Å². The Morgan fingerprint density at radius 3 is 2.61 bits per heavy atom. The molecule has 1 heterocycles. The van der Waals surface area contributed by atoms with E-state index >= 15 is 0 Å². The third kappa shape index (κ3) is 5.03. The first-order valence-electron chi connectivity index (χ1n) is 7.01. The van der Waals surface area contributed by atoms with Crippen molar-refractivity contribution in [1.29, 1.82) is 0 Å². The number of aromatic nitrogens is 2. The summed E-state index contributed by atoms with van der Waals surface area (Å²) in [6.45, 7) is 0.337. The highest BCUT2D eigenvalue weighted by Gasteiger charge is 2.05. The molecule has 0 aliphatic carbocycles. The number of ether oxygens (including phenoxy) is 1. The molecule has 0 atom stereocenters. The number of carbonyl (C=O) groups excluding carboxylic acids is 1. The van der Waals surface area contributed by atoms with Crippen molar-refractivity contribution in [2.24, 2.45) is 0 Å². The standard InChI is InChI=1S/C15H18N4O4/c1-23-13-4-2-12(3-5-13)19-9-7-11(18-19)10-17-15(22)16-8-6-14(20)21/h2-5,7,9H,6,8,10H2,1H3,(H,20,21)(H2,16,17,22). The lowest BCUT2D eigenvalue weighted by Crippen LogP contribution is -2.36. The average Bonchev–Trinajstić information content (AvgIpc) is 3.01. The number of amides is 2. The van der Waals surface area contributed by atoms with Crippen LogP contribution in [0.25, 0.3) is 5.69 Å². The highest BCUT2D eigenvalue weighted by molar-refractivity contribution is 5.74. The van der Waals surface area contributed by atoms with E-state index in [0.717, 1.165) is 11.4 Å². The van der Waals surface area contributed by atoms with Crippen molar-refractivity contribution < 1.29 is 19.4 Å². The molecule has 23 heavy (non-hydrogen) atoms. The van der Waals surface area contributed by atoms with E-state index in [1.54, 1.807) is 24.1 Å². The minimum Gasteiger partial charge on any atom is -0.497 e. The quantitative estimate of drug-likeness (QED) is 0.710. The SMILES string of the molecule is COc1ccc(-n2ccc(CNC(=O)NCCC(=O)O)n2)cc1. The second-order valence-electron chi connectivity index (χ2n) is 4.70. The maximum absolute atomic E-state index is 11.5. The van der Waals surface area contributed by atoms with Crippen molar-refractivity contribution in [3.63, 3.8) is 0 Å². The molecule has 2 aromatic rings.